The van der Waals surface area contributed by atoms with Crippen molar-refractivity contribution in [2.24, 2.45) is 5.16 Å². The van der Waals surface area contributed by atoms with Crippen LogP contribution >= 0.6 is 0 Å². The van der Waals surface area contributed by atoms with Gasteiger partial charge in [-0.1, -0.05) is 35.0 Å². The maximum absolute atomic E-state index is 13.0. The molecule has 2 aromatic carbocycles. The van der Waals surface area contributed by atoms with Gasteiger partial charge >= 0.3 is 0 Å². The van der Waals surface area contributed by atoms with E-state index in [4.69, 9.17) is 4.84 Å². The zero-order valence-corrected chi connectivity index (χ0v) is 14.6. The van der Waals surface area contributed by atoms with Gasteiger partial charge in [-0.2, -0.15) is 0 Å². The highest BCUT2D eigenvalue weighted by Crippen LogP contribution is 2.08. The third-order valence-electron chi connectivity index (χ3n) is 3.45. The van der Waals surface area contributed by atoms with Crippen LogP contribution in [-0.4, -0.2) is 43.1 Å². The number of rotatable bonds is 7. The van der Waals surface area contributed by atoms with E-state index in [1.54, 1.807) is 24.3 Å². The molecule has 0 radical (unpaired) electrons. The second kappa shape index (κ2) is 9.31. The number of nitrogens with one attached hydrogen (secondary N) is 1. The highest BCUT2D eigenvalue weighted by atomic mass is 19.1. The van der Waals surface area contributed by atoms with E-state index in [2.05, 4.69) is 10.5 Å². The van der Waals surface area contributed by atoms with Crippen molar-refractivity contribution in [1.82, 2.24) is 4.90 Å². The monoisotopic (exact) mass is 357 g/mol. The third kappa shape index (κ3) is 6.35. The Balaban J connectivity index is 1.74. The van der Waals surface area contributed by atoms with Crippen molar-refractivity contribution in [3.63, 3.8) is 0 Å². The Labute approximate surface area is 151 Å². The first-order valence-corrected chi connectivity index (χ1v) is 7.95. The molecule has 1 N–H and O–H groups in total. The maximum Gasteiger partial charge on any atom is 0.263 e. The zero-order valence-electron chi connectivity index (χ0n) is 14.6. The summed E-state index contributed by atoms with van der Waals surface area (Å²) in [6, 6.07) is 13.2. The Morgan fingerprint density at radius 3 is 2.65 bits per heavy atom. The van der Waals surface area contributed by atoms with Gasteiger partial charge in [0.15, 0.2) is 6.61 Å². The van der Waals surface area contributed by atoms with E-state index in [0.29, 0.717) is 11.3 Å². The molecule has 0 spiro atoms. The van der Waals surface area contributed by atoms with Crippen LogP contribution in [0.25, 0.3) is 0 Å². The van der Waals surface area contributed by atoms with Gasteiger partial charge in [-0.15, -0.1) is 0 Å². The third-order valence-corrected chi connectivity index (χ3v) is 3.45. The first-order chi connectivity index (χ1) is 12.4. The molecule has 2 aromatic rings. The second-order valence-electron chi connectivity index (χ2n) is 5.73. The average Bonchev–Trinajstić information content (AvgIpc) is 2.60. The molecular formula is C19H20FN3O3. The van der Waals surface area contributed by atoms with E-state index >= 15 is 0 Å². The van der Waals surface area contributed by atoms with Crippen molar-refractivity contribution >= 4 is 23.7 Å². The van der Waals surface area contributed by atoms with Crippen LogP contribution in [0.3, 0.4) is 0 Å². The van der Waals surface area contributed by atoms with Gasteiger partial charge < -0.3 is 15.1 Å². The molecule has 0 unspecified atom stereocenters. The van der Waals surface area contributed by atoms with Gasteiger partial charge in [-0.3, -0.25) is 9.59 Å². The van der Waals surface area contributed by atoms with Crippen LogP contribution in [0.1, 0.15) is 11.1 Å². The molecule has 2 amide bonds. The number of carbonyl (C=O) groups is 2. The molecule has 6 nitrogen and oxygen atoms in total. The summed E-state index contributed by atoms with van der Waals surface area (Å²) in [7, 11) is 1.50. The number of nitrogens with zero attached hydrogens (tertiary/aromatic N) is 2. The minimum atomic E-state index is -0.402. The van der Waals surface area contributed by atoms with Crippen molar-refractivity contribution in [3.8, 4) is 0 Å². The van der Waals surface area contributed by atoms with Gasteiger partial charge in [0, 0.05) is 12.7 Å². The number of amides is 2. The molecule has 0 aliphatic carbocycles. The number of aryl methyl sites for hydroxylation is 1. The molecule has 2 rings (SSSR count). The van der Waals surface area contributed by atoms with E-state index in [1.807, 2.05) is 19.1 Å². The summed E-state index contributed by atoms with van der Waals surface area (Å²) in [5, 5.41) is 6.33. The molecule has 0 bridgehead atoms. The SMILES string of the molecule is Cc1ccc(NC(=O)CN(C)C(=O)CO/N=C\c2cccc(F)c2)cc1. The number of likely N-dealkylation sites (N-methyl/N-ethyl adjacent to an activating group) is 1. The van der Waals surface area contributed by atoms with Crippen LogP contribution in [-0.2, 0) is 14.4 Å². The van der Waals surface area contributed by atoms with Crippen LogP contribution < -0.4 is 5.32 Å². The fourth-order valence-electron chi connectivity index (χ4n) is 2.03. The number of hydrogen-bond donors (Lipinski definition) is 1. The normalized spacial score (nSPS) is 10.6. The lowest BCUT2D eigenvalue weighted by atomic mass is 10.2. The quantitative estimate of drug-likeness (QED) is 0.612. The minimum absolute atomic E-state index is 0.107. The molecule has 0 fully saturated rings. The van der Waals surface area contributed by atoms with Gasteiger partial charge in [-0.25, -0.2) is 4.39 Å². The Morgan fingerprint density at radius 2 is 1.96 bits per heavy atom. The predicted molar refractivity (Wildman–Crippen MR) is 97.4 cm³/mol. The first-order valence-electron chi connectivity index (χ1n) is 7.95. The Bertz CT molecular complexity index is 791. The summed E-state index contributed by atoms with van der Waals surface area (Å²) in [6.45, 7) is 1.53. The number of carbonyl (C=O) groups excluding carboxylic acids is 2. The topological polar surface area (TPSA) is 71.0 Å². The van der Waals surface area contributed by atoms with Crippen LogP contribution in [0.2, 0.25) is 0 Å². The number of anilines is 1. The van der Waals surface area contributed by atoms with Gasteiger partial charge in [0.05, 0.1) is 12.8 Å². The lowest BCUT2D eigenvalue weighted by Gasteiger charge is -2.16. The molecule has 26 heavy (non-hydrogen) atoms. The second-order valence-corrected chi connectivity index (χ2v) is 5.73. The summed E-state index contributed by atoms with van der Waals surface area (Å²) in [5.74, 6) is -1.10. The fourth-order valence-corrected chi connectivity index (χ4v) is 2.03. The molecule has 0 saturated heterocycles. The first kappa shape index (κ1) is 19.1. The molecule has 0 aromatic heterocycles. The predicted octanol–water partition coefficient (Wildman–Crippen LogP) is 2.58. The van der Waals surface area contributed by atoms with E-state index in [9.17, 15) is 14.0 Å². The summed E-state index contributed by atoms with van der Waals surface area (Å²) >= 11 is 0. The van der Waals surface area contributed by atoms with E-state index in [0.717, 1.165) is 5.56 Å². The standard InChI is InChI=1S/C19H20FN3O3/c1-14-6-8-17(9-7-14)22-18(24)12-23(2)19(25)13-26-21-11-15-4-3-5-16(20)10-15/h3-11H,12-13H2,1-2H3,(H,22,24)/b21-11-. The molecule has 0 saturated carbocycles. The maximum atomic E-state index is 13.0. The van der Waals surface area contributed by atoms with Crippen molar-refractivity contribution in [2.45, 2.75) is 6.92 Å². The lowest BCUT2D eigenvalue weighted by molar-refractivity contribution is -0.137. The van der Waals surface area contributed by atoms with Gasteiger partial charge in [0.25, 0.3) is 5.91 Å². The van der Waals surface area contributed by atoms with Crippen molar-refractivity contribution < 1.29 is 18.8 Å². The van der Waals surface area contributed by atoms with Crippen LogP contribution in [0.5, 0.6) is 0 Å². The zero-order chi connectivity index (χ0) is 18.9. The average molecular weight is 357 g/mol. The summed E-state index contributed by atoms with van der Waals surface area (Å²) in [6.07, 6.45) is 1.31. The molecule has 136 valence electrons. The molecule has 0 aliphatic heterocycles. The van der Waals surface area contributed by atoms with E-state index < -0.39 is 5.91 Å². The van der Waals surface area contributed by atoms with Crippen molar-refractivity contribution in [3.05, 3.63) is 65.5 Å². The Morgan fingerprint density at radius 1 is 1.23 bits per heavy atom. The highest BCUT2D eigenvalue weighted by Gasteiger charge is 2.13. The van der Waals surface area contributed by atoms with Crippen molar-refractivity contribution in [1.29, 1.82) is 0 Å². The summed E-state index contributed by atoms with van der Waals surface area (Å²) in [5.41, 5.74) is 2.27. The lowest BCUT2D eigenvalue weighted by Crippen LogP contribution is -2.36. The minimum Gasteiger partial charge on any atom is -0.386 e. The summed E-state index contributed by atoms with van der Waals surface area (Å²) in [4.78, 5) is 30.0. The van der Waals surface area contributed by atoms with Crippen LogP contribution in [0.15, 0.2) is 53.7 Å². The Kier molecular flexibility index (Phi) is 6.84. The molecule has 0 atom stereocenters. The molecular weight excluding hydrogens is 337 g/mol. The van der Waals surface area contributed by atoms with E-state index in [-0.39, 0.29) is 24.9 Å². The van der Waals surface area contributed by atoms with Gasteiger partial charge in [0.1, 0.15) is 5.82 Å². The van der Waals surface area contributed by atoms with E-state index in [1.165, 1.54) is 30.3 Å². The fraction of sp³-hybridized carbons (Fsp3) is 0.211. The van der Waals surface area contributed by atoms with Gasteiger partial charge in [0.2, 0.25) is 5.91 Å². The van der Waals surface area contributed by atoms with Crippen LogP contribution in [0.4, 0.5) is 10.1 Å². The number of benzene rings is 2. The highest BCUT2D eigenvalue weighted by molar-refractivity contribution is 5.94. The molecule has 0 heterocycles. The van der Waals surface area contributed by atoms with Crippen molar-refractivity contribution in [2.75, 3.05) is 25.5 Å². The largest absolute Gasteiger partial charge is 0.386 e. The number of halogens is 1. The van der Waals surface area contributed by atoms with Crippen LogP contribution in [0, 0.1) is 12.7 Å². The number of oxime groups is 1. The smallest absolute Gasteiger partial charge is 0.263 e. The molecule has 0 aliphatic rings. The Hall–Kier alpha value is -3.22. The summed E-state index contributed by atoms with van der Waals surface area (Å²) < 4.78 is 13.0. The molecule has 7 heteroatoms. The van der Waals surface area contributed by atoms with Gasteiger partial charge in [-0.05, 0) is 36.8 Å². The number of hydrogen-bond acceptors (Lipinski definition) is 4.